The number of allylic oxidation sites excluding steroid dienone is 1. The molecule has 1 aromatic heterocycles. The molecule has 0 bridgehead atoms. The molecule has 0 atom stereocenters. The predicted molar refractivity (Wildman–Crippen MR) is 100 cm³/mol. The SMILES string of the molecule is C=C(C)c1cc(CC(C)C)c2cc(-c3ccccc3)ccc2n1. The Morgan fingerprint density at radius 3 is 2.39 bits per heavy atom. The monoisotopic (exact) mass is 301 g/mol. The molecule has 0 spiro atoms. The molecule has 0 fully saturated rings. The van der Waals surface area contributed by atoms with Gasteiger partial charge in [-0.05, 0) is 59.7 Å². The molecule has 1 heteroatoms. The maximum absolute atomic E-state index is 4.78. The highest BCUT2D eigenvalue weighted by molar-refractivity contribution is 5.88. The van der Waals surface area contributed by atoms with Crippen LogP contribution in [0, 0.1) is 5.92 Å². The normalized spacial score (nSPS) is 11.1. The Morgan fingerprint density at radius 2 is 1.74 bits per heavy atom. The van der Waals surface area contributed by atoms with E-state index in [0.29, 0.717) is 5.92 Å². The van der Waals surface area contributed by atoms with Crippen LogP contribution < -0.4 is 0 Å². The van der Waals surface area contributed by atoms with Gasteiger partial charge in [-0.15, -0.1) is 0 Å². The third kappa shape index (κ3) is 3.34. The lowest BCUT2D eigenvalue weighted by atomic mass is 9.95. The Morgan fingerprint density at radius 1 is 1.00 bits per heavy atom. The van der Waals surface area contributed by atoms with Gasteiger partial charge in [0.15, 0.2) is 0 Å². The number of aromatic nitrogens is 1. The van der Waals surface area contributed by atoms with Crippen LogP contribution in [0.4, 0.5) is 0 Å². The van der Waals surface area contributed by atoms with Crippen LogP contribution in [0.3, 0.4) is 0 Å². The first-order valence-electron chi connectivity index (χ1n) is 8.19. The molecule has 3 rings (SSSR count). The first kappa shape index (κ1) is 15.5. The van der Waals surface area contributed by atoms with Gasteiger partial charge in [0.1, 0.15) is 0 Å². The Labute approximate surface area is 138 Å². The summed E-state index contributed by atoms with van der Waals surface area (Å²) in [6.07, 6.45) is 1.05. The first-order chi connectivity index (χ1) is 11.0. The molecule has 3 aromatic rings. The standard InChI is InChI=1S/C22H23N/c1-15(2)12-19-14-22(16(3)4)23-21-11-10-18(13-20(19)21)17-8-6-5-7-9-17/h5-11,13-15H,3,12H2,1-2,4H3. The Hall–Kier alpha value is -2.41. The number of fused-ring (bicyclic) bond motifs is 1. The van der Waals surface area contributed by atoms with Gasteiger partial charge in [0, 0.05) is 5.39 Å². The van der Waals surface area contributed by atoms with E-state index in [0.717, 1.165) is 23.2 Å². The van der Waals surface area contributed by atoms with E-state index in [2.05, 4.69) is 75.0 Å². The summed E-state index contributed by atoms with van der Waals surface area (Å²) < 4.78 is 0. The lowest BCUT2D eigenvalue weighted by Gasteiger charge is -2.13. The summed E-state index contributed by atoms with van der Waals surface area (Å²) in [5, 5.41) is 1.25. The van der Waals surface area contributed by atoms with Crippen molar-refractivity contribution in [3.63, 3.8) is 0 Å². The fraction of sp³-hybridized carbons (Fsp3) is 0.227. The van der Waals surface area contributed by atoms with Gasteiger partial charge in [0.05, 0.1) is 11.2 Å². The Bertz CT molecular complexity index is 844. The summed E-state index contributed by atoms with van der Waals surface area (Å²) in [4.78, 5) is 4.78. The van der Waals surface area contributed by atoms with Gasteiger partial charge in [-0.2, -0.15) is 0 Å². The number of rotatable bonds is 4. The number of benzene rings is 2. The van der Waals surface area contributed by atoms with Crippen molar-refractivity contribution in [2.24, 2.45) is 5.92 Å². The predicted octanol–water partition coefficient (Wildman–Crippen LogP) is 6.13. The average molecular weight is 301 g/mol. The zero-order chi connectivity index (χ0) is 16.4. The zero-order valence-corrected chi connectivity index (χ0v) is 14.1. The summed E-state index contributed by atoms with van der Waals surface area (Å²) in [5.41, 5.74) is 6.92. The van der Waals surface area contributed by atoms with Crippen molar-refractivity contribution < 1.29 is 0 Å². The minimum Gasteiger partial charge on any atom is -0.248 e. The van der Waals surface area contributed by atoms with Gasteiger partial charge < -0.3 is 0 Å². The Kier molecular flexibility index (Phi) is 4.29. The molecule has 0 N–H and O–H groups in total. The van der Waals surface area contributed by atoms with Crippen LogP contribution in [0.25, 0.3) is 27.6 Å². The molecular weight excluding hydrogens is 278 g/mol. The molecule has 2 aromatic carbocycles. The largest absolute Gasteiger partial charge is 0.248 e. The van der Waals surface area contributed by atoms with Gasteiger partial charge in [0.25, 0.3) is 0 Å². The zero-order valence-electron chi connectivity index (χ0n) is 14.1. The van der Waals surface area contributed by atoms with Crippen LogP contribution in [-0.2, 0) is 6.42 Å². The maximum Gasteiger partial charge on any atom is 0.0712 e. The van der Waals surface area contributed by atoms with Gasteiger partial charge >= 0.3 is 0 Å². The van der Waals surface area contributed by atoms with E-state index < -0.39 is 0 Å². The van der Waals surface area contributed by atoms with E-state index in [1.54, 1.807) is 0 Å². The highest BCUT2D eigenvalue weighted by Crippen LogP contribution is 2.28. The van der Waals surface area contributed by atoms with E-state index >= 15 is 0 Å². The molecule has 23 heavy (non-hydrogen) atoms. The second kappa shape index (κ2) is 6.37. The molecule has 1 heterocycles. The van der Waals surface area contributed by atoms with Crippen LogP contribution in [0.1, 0.15) is 32.0 Å². The fourth-order valence-corrected chi connectivity index (χ4v) is 2.93. The lowest BCUT2D eigenvalue weighted by molar-refractivity contribution is 0.650. The van der Waals surface area contributed by atoms with E-state index in [1.165, 1.54) is 22.1 Å². The number of nitrogens with zero attached hydrogens (tertiary/aromatic N) is 1. The van der Waals surface area contributed by atoms with Crippen molar-refractivity contribution >= 4 is 16.5 Å². The number of hydrogen-bond acceptors (Lipinski definition) is 1. The third-order valence-corrected chi connectivity index (χ3v) is 4.07. The van der Waals surface area contributed by atoms with Gasteiger partial charge in [0.2, 0.25) is 0 Å². The average Bonchev–Trinajstić information content (AvgIpc) is 2.54. The van der Waals surface area contributed by atoms with Crippen molar-refractivity contribution in [3.05, 3.63) is 72.4 Å². The molecule has 116 valence electrons. The van der Waals surface area contributed by atoms with Gasteiger partial charge in [-0.3, -0.25) is 0 Å². The summed E-state index contributed by atoms with van der Waals surface area (Å²) in [5.74, 6) is 0.610. The Balaban J connectivity index is 2.20. The van der Waals surface area contributed by atoms with Crippen LogP contribution in [0.5, 0.6) is 0 Å². The molecule has 0 amide bonds. The van der Waals surface area contributed by atoms with Crippen LogP contribution in [0.15, 0.2) is 61.2 Å². The van der Waals surface area contributed by atoms with E-state index in [4.69, 9.17) is 4.98 Å². The van der Waals surface area contributed by atoms with E-state index in [9.17, 15) is 0 Å². The van der Waals surface area contributed by atoms with Crippen molar-refractivity contribution in [2.75, 3.05) is 0 Å². The first-order valence-corrected chi connectivity index (χ1v) is 8.19. The molecular formula is C22H23N. The quantitative estimate of drug-likeness (QED) is 0.564. The minimum absolute atomic E-state index is 0.610. The second-order valence-electron chi connectivity index (χ2n) is 6.64. The molecule has 0 aliphatic heterocycles. The lowest BCUT2D eigenvalue weighted by Crippen LogP contribution is -1.99. The second-order valence-corrected chi connectivity index (χ2v) is 6.64. The third-order valence-electron chi connectivity index (χ3n) is 4.07. The molecule has 0 radical (unpaired) electrons. The van der Waals surface area contributed by atoms with E-state index in [-0.39, 0.29) is 0 Å². The smallest absolute Gasteiger partial charge is 0.0712 e. The van der Waals surface area contributed by atoms with Gasteiger partial charge in [-0.1, -0.05) is 56.8 Å². The van der Waals surface area contributed by atoms with Crippen LogP contribution in [0.2, 0.25) is 0 Å². The summed E-state index contributed by atoms with van der Waals surface area (Å²) >= 11 is 0. The summed E-state index contributed by atoms with van der Waals surface area (Å²) in [7, 11) is 0. The number of pyridine rings is 1. The molecule has 0 aliphatic rings. The summed E-state index contributed by atoms with van der Waals surface area (Å²) in [6, 6.07) is 19.3. The highest BCUT2D eigenvalue weighted by Gasteiger charge is 2.10. The number of hydrogen-bond donors (Lipinski definition) is 0. The van der Waals surface area contributed by atoms with Crippen molar-refractivity contribution in [1.29, 1.82) is 0 Å². The van der Waals surface area contributed by atoms with Crippen molar-refractivity contribution in [3.8, 4) is 11.1 Å². The topological polar surface area (TPSA) is 12.9 Å². The molecule has 0 saturated carbocycles. The molecule has 0 aliphatic carbocycles. The van der Waals surface area contributed by atoms with E-state index in [1.807, 2.05) is 6.92 Å². The van der Waals surface area contributed by atoms with Crippen molar-refractivity contribution in [1.82, 2.24) is 4.98 Å². The highest BCUT2D eigenvalue weighted by atomic mass is 14.7. The maximum atomic E-state index is 4.78. The van der Waals surface area contributed by atoms with Crippen molar-refractivity contribution in [2.45, 2.75) is 27.2 Å². The molecule has 1 nitrogen and oxygen atoms in total. The molecule has 0 unspecified atom stereocenters. The minimum atomic E-state index is 0.610. The van der Waals surface area contributed by atoms with Gasteiger partial charge in [-0.25, -0.2) is 4.98 Å². The molecule has 0 saturated heterocycles. The van der Waals surface area contributed by atoms with Crippen LogP contribution >= 0.6 is 0 Å². The summed E-state index contributed by atoms with van der Waals surface area (Å²) in [6.45, 7) is 10.6. The van der Waals surface area contributed by atoms with Crippen LogP contribution in [-0.4, -0.2) is 4.98 Å². The fourth-order valence-electron chi connectivity index (χ4n) is 2.93.